The van der Waals surface area contributed by atoms with Crippen LogP contribution in [-0.4, -0.2) is 62.6 Å². The van der Waals surface area contributed by atoms with Gasteiger partial charge in [0.25, 0.3) is 11.8 Å². The molecule has 1 heterocycles. The van der Waals surface area contributed by atoms with Gasteiger partial charge < -0.3 is 24.4 Å². The van der Waals surface area contributed by atoms with Crippen molar-refractivity contribution in [3.8, 4) is 11.5 Å². The third-order valence-corrected chi connectivity index (χ3v) is 4.61. The number of hydrogen-bond donors (Lipinski definition) is 1. The van der Waals surface area contributed by atoms with Crippen molar-refractivity contribution in [1.82, 2.24) is 10.2 Å². The summed E-state index contributed by atoms with van der Waals surface area (Å²) >= 11 is 0. The van der Waals surface area contributed by atoms with Crippen LogP contribution in [0.15, 0.2) is 18.2 Å². The summed E-state index contributed by atoms with van der Waals surface area (Å²) < 4.78 is 15.5. The van der Waals surface area contributed by atoms with Crippen LogP contribution in [0.4, 0.5) is 0 Å². The van der Waals surface area contributed by atoms with Crippen molar-refractivity contribution in [2.75, 3.05) is 33.9 Å². The molecule has 1 atom stereocenters. The first kappa shape index (κ1) is 21.5. The monoisotopic (exact) mass is 392 g/mol. The third kappa shape index (κ3) is 5.87. The lowest BCUT2D eigenvalue weighted by atomic mass is 10.2. The van der Waals surface area contributed by atoms with Crippen molar-refractivity contribution in [2.45, 2.75) is 38.7 Å². The number of ether oxygens (including phenoxy) is 3. The lowest BCUT2D eigenvalue weighted by molar-refractivity contribution is -0.158. The minimum Gasteiger partial charge on any atom is -0.493 e. The van der Waals surface area contributed by atoms with E-state index in [4.69, 9.17) is 14.2 Å². The number of nitrogens with one attached hydrogen (secondary N) is 1. The van der Waals surface area contributed by atoms with Crippen LogP contribution in [0.2, 0.25) is 0 Å². The summed E-state index contributed by atoms with van der Waals surface area (Å²) in [7, 11) is 2.97. The number of likely N-dealkylation sites (tertiary alicyclic amines) is 1. The maximum absolute atomic E-state index is 12.4. The maximum atomic E-state index is 12.4. The van der Waals surface area contributed by atoms with Crippen molar-refractivity contribution in [2.24, 2.45) is 0 Å². The second-order valence-corrected chi connectivity index (χ2v) is 6.62. The van der Waals surface area contributed by atoms with E-state index in [0.717, 1.165) is 25.7 Å². The molecule has 0 bridgehead atoms. The summed E-state index contributed by atoms with van der Waals surface area (Å²) in [4.78, 5) is 38.4. The second-order valence-electron chi connectivity index (χ2n) is 6.62. The van der Waals surface area contributed by atoms with E-state index in [0.29, 0.717) is 30.2 Å². The SMILES string of the molecule is COc1ccc(C(=O)NCC(=O)OC(C)C(=O)N2CCCCCC2)cc1OC. The molecule has 8 nitrogen and oxygen atoms in total. The van der Waals surface area contributed by atoms with Crippen molar-refractivity contribution in [3.05, 3.63) is 23.8 Å². The zero-order valence-corrected chi connectivity index (χ0v) is 16.7. The van der Waals surface area contributed by atoms with Gasteiger partial charge in [-0.3, -0.25) is 14.4 Å². The van der Waals surface area contributed by atoms with E-state index in [1.54, 1.807) is 24.0 Å². The highest BCUT2D eigenvalue weighted by atomic mass is 16.5. The largest absolute Gasteiger partial charge is 0.493 e. The van der Waals surface area contributed by atoms with Gasteiger partial charge in [0.1, 0.15) is 6.54 Å². The summed E-state index contributed by atoms with van der Waals surface area (Å²) in [5, 5.41) is 2.49. The van der Waals surface area contributed by atoms with Crippen LogP contribution >= 0.6 is 0 Å². The van der Waals surface area contributed by atoms with Crippen molar-refractivity contribution in [1.29, 1.82) is 0 Å². The van der Waals surface area contributed by atoms with Crippen LogP contribution in [0.25, 0.3) is 0 Å². The van der Waals surface area contributed by atoms with Crippen LogP contribution < -0.4 is 14.8 Å². The van der Waals surface area contributed by atoms with Gasteiger partial charge in [0, 0.05) is 18.7 Å². The number of nitrogens with zero attached hydrogens (tertiary/aromatic N) is 1. The van der Waals surface area contributed by atoms with Gasteiger partial charge in [-0.25, -0.2) is 0 Å². The first-order chi connectivity index (χ1) is 13.5. The topological polar surface area (TPSA) is 94.2 Å². The Labute approximate surface area is 165 Å². The Hall–Kier alpha value is -2.77. The molecule has 2 rings (SSSR count). The average molecular weight is 392 g/mol. The minimum atomic E-state index is -0.872. The van der Waals surface area contributed by atoms with E-state index >= 15 is 0 Å². The number of carbonyl (C=O) groups is 3. The highest BCUT2D eigenvalue weighted by Crippen LogP contribution is 2.27. The van der Waals surface area contributed by atoms with Gasteiger partial charge >= 0.3 is 5.97 Å². The Balaban J connectivity index is 1.84. The number of carbonyl (C=O) groups excluding carboxylic acids is 3. The fourth-order valence-electron chi connectivity index (χ4n) is 3.07. The Morgan fingerprint density at radius 2 is 1.68 bits per heavy atom. The third-order valence-electron chi connectivity index (χ3n) is 4.61. The quantitative estimate of drug-likeness (QED) is 0.711. The first-order valence-electron chi connectivity index (χ1n) is 9.44. The second kappa shape index (κ2) is 10.5. The molecule has 1 saturated heterocycles. The van der Waals surface area contributed by atoms with E-state index in [2.05, 4.69) is 5.32 Å². The van der Waals surface area contributed by atoms with E-state index < -0.39 is 18.0 Å². The molecule has 1 unspecified atom stereocenters. The molecule has 2 amide bonds. The molecular weight excluding hydrogens is 364 g/mol. The van der Waals surface area contributed by atoms with Crippen LogP contribution in [0.3, 0.4) is 0 Å². The van der Waals surface area contributed by atoms with Gasteiger partial charge in [0.05, 0.1) is 14.2 Å². The normalized spacial score (nSPS) is 15.2. The molecule has 1 N–H and O–H groups in total. The van der Waals surface area contributed by atoms with Gasteiger partial charge in [-0.05, 0) is 38.0 Å². The molecule has 0 saturated carbocycles. The number of esters is 1. The zero-order chi connectivity index (χ0) is 20.5. The van der Waals surface area contributed by atoms with Crippen LogP contribution in [0.1, 0.15) is 43.0 Å². The lowest BCUT2D eigenvalue weighted by Gasteiger charge is -2.24. The van der Waals surface area contributed by atoms with Gasteiger partial charge in [-0.1, -0.05) is 12.8 Å². The molecule has 1 aliphatic heterocycles. The highest BCUT2D eigenvalue weighted by molar-refractivity contribution is 5.96. The minimum absolute atomic E-state index is 0.193. The number of hydrogen-bond acceptors (Lipinski definition) is 6. The summed E-state index contributed by atoms with van der Waals surface area (Å²) in [6, 6.07) is 4.69. The van der Waals surface area contributed by atoms with Gasteiger partial charge in [0.2, 0.25) is 0 Å². The van der Waals surface area contributed by atoms with Crippen LogP contribution in [-0.2, 0) is 14.3 Å². The summed E-state index contributed by atoms with van der Waals surface area (Å²) in [5.41, 5.74) is 0.319. The summed E-state index contributed by atoms with van der Waals surface area (Å²) in [6.07, 6.45) is 3.28. The van der Waals surface area contributed by atoms with Crippen LogP contribution in [0, 0.1) is 0 Å². The number of rotatable bonds is 7. The number of amides is 2. The van der Waals surface area contributed by atoms with Gasteiger partial charge in [0.15, 0.2) is 17.6 Å². The van der Waals surface area contributed by atoms with Crippen molar-refractivity contribution in [3.63, 3.8) is 0 Å². The Morgan fingerprint density at radius 1 is 1.04 bits per heavy atom. The fraction of sp³-hybridized carbons (Fsp3) is 0.550. The molecule has 8 heteroatoms. The first-order valence-corrected chi connectivity index (χ1v) is 9.44. The number of benzene rings is 1. The Bertz CT molecular complexity index is 698. The predicted molar refractivity (Wildman–Crippen MR) is 102 cm³/mol. The van der Waals surface area contributed by atoms with E-state index in [1.165, 1.54) is 20.3 Å². The number of methoxy groups -OCH3 is 2. The standard InChI is InChI=1S/C20H28N2O6/c1-14(20(25)22-10-6-4-5-7-11-22)28-18(23)13-21-19(24)15-8-9-16(26-2)17(12-15)27-3/h8-9,12,14H,4-7,10-11,13H2,1-3H3,(H,21,24). The fourth-order valence-corrected chi connectivity index (χ4v) is 3.07. The predicted octanol–water partition coefficient (Wildman–Crippen LogP) is 1.77. The molecule has 1 aromatic rings. The smallest absolute Gasteiger partial charge is 0.326 e. The van der Waals surface area contributed by atoms with Crippen LogP contribution in [0.5, 0.6) is 11.5 Å². The van der Waals surface area contributed by atoms with E-state index in [9.17, 15) is 14.4 Å². The molecule has 1 aliphatic rings. The maximum Gasteiger partial charge on any atom is 0.326 e. The van der Waals surface area contributed by atoms with E-state index in [1.807, 2.05) is 0 Å². The van der Waals surface area contributed by atoms with Gasteiger partial charge in [-0.2, -0.15) is 0 Å². The van der Waals surface area contributed by atoms with Crippen molar-refractivity contribution >= 4 is 17.8 Å². The molecule has 0 spiro atoms. The lowest BCUT2D eigenvalue weighted by Crippen LogP contribution is -2.42. The average Bonchev–Trinajstić information content (AvgIpc) is 3.00. The highest BCUT2D eigenvalue weighted by Gasteiger charge is 2.24. The summed E-state index contributed by atoms with van der Waals surface area (Å²) in [5.74, 6) is -0.399. The summed E-state index contributed by atoms with van der Waals surface area (Å²) in [6.45, 7) is 2.61. The molecule has 1 aromatic carbocycles. The molecule has 0 aromatic heterocycles. The van der Waals surface area contributed by atoms with Crippen molar-refractivity contribution < 1.29 is 28.6 Å². The molecule has 28 heavy (non-hydrogen) atoms. The molecule has 154 valence electrons. The van der Waals surface area contributed by atoms with Gasteiger partial charge in [-0.15, -0.1) is 0 Å². The Morgan fingerprint density at radius 3 is 2.29 bits per heavy atom. The molecule has 0 aliphatic carbocycles. The Kier molecular flexibility index (Phi) is 8.10. The molecule has 1 fully saturated rings. The van der Waals surface area contributed by atoms with E-state index in [-0.39, 0.29) is 12.5 Å². The molecular formula is C20H28N2O6. The zero-order valence-electron chi connectivity index (χ0n) is 16.7. The molecule has 0 radical (unpaired) electrons.